The van der Waals surface area contributed by atoms with Gasteiger partial charge in [0.15, 0.2) is 11.6 Å². The Morgan fingerprint density at radius 1 is 1.08 bits per heavy atom. The lowest BCUT2D eigenvalue weighted by Crippen LogP contribution is -2.53. The summed E-state index contributed by atoms with van der Waals surface area (Å²) in [7, 11) is 0. The normalized spacial score (nSPS) is 17.3. The van der Waals surface area contributed by atoms with Gasteiger partial charge in [-0.3, -0.25) is 15.0 Å². The van der Waals surface area contributed by atoms with Crippen LogP contribution in [0.4, 0.5) is 13.2 Å². The Hall–Kier alpha value is -5.11. The molecular weight excluding hydrogens is 657 g/mol. The fourth-order valence-electron chi connectivity index (χ4n) is 5.27. The fraction of sp³-hybridized carbons (Fsp3) is 0.400. The van der Waals surface area contributed by atoms with Gasteiger partial charge in [0.25, 0.3) is 5.91 Å². The van der Waals surface area contributed by atoms with E-state index in [0.29, 0.717) is 35.5 Å². The number of aliphatic imine (C=N–C) groups is 1. The minimum atomic E-state index is -4.54. The number of carbonyl (C=O) groups excluding carboxylic acids is 2. The number of alkyl halides is 3. The average Bonchev–Trinajstić information content (AvgIpc) is 3.46. The average molecular weight is 697 g/mol. The largest absolute Gasteiger partial charge is 0.494 e. The highest BCUT2D eigenvalue weighted by Gasteiger charge is 2.54. The molecule has 0 fully saturated rings. The van der Waals surface area contributed by atoms with Crippen LogP contribution in [-0.4, -0.2) is 47.2 Å². The van der Waals surface area contributed by atoms with E-state index < -0.39 is 40.9 Å². The molecule has 1 aliphatic heterocycles. The van der Waals surface area contributed by atoms with Crippen molar-refractivity contribution < 1.29 is 42.1 Å². The van der Waals surface area contributed by atoms with E-state index in [9.17, 15) is 22.8 Å². The second-order valence-corrected chi connectivity index (χ2v) is 12.5. The van der Waals surface area contributed by atoms with Crippen LogP contribution in [0.5, 0.6) is 5.75 Å². The lowest BCUT2D eigenvalue weighted by molar-refractivity contribution is -0.155. The van der Waals surface area contributed by atoms with Crippen molar-refractivity contribution >= 4 is 17.8 Å². The van der Waals surface area contributed by atoms with Crippen LogP contribution in [0.3, 0.4) is 0 Å². The molecule has 1 aliphatic rings. The van der Waals surface area contributed by atoms with Crippen molar-refractivity contribution in [3.05, 3.63) is 111 Å². The van der Waals surface area contributed by atoms with Gasteiger partial charge in [-0.15, -0.1) is 0 Å². The number of nitrogens with one attached hydrogen (secondary N) is 2. The smallest absolute Gasteiger partial charge is 0.416 e. The molecule has 2 atom stereocenters. The number of ether oxygens (including phenoxy) is 3. The number of nitrogens with zero attached hydrogens (tertiary/aromatic N) is 4. The van der Waals surface area contributed by atoms with Crippen LogP contribution in [0, 0.1) is 0 Å². The standard InChI is InChI=1S/C35H39F3N6O6/c1-33(2,3)50-29(46)16-17-34(32(47)43-40-21-23-8-6-10-26(20-23)35(36,37)38)30(28-11-5-4-9-25(28)22-41-44-39)49-31(42-34)24-12-14-27(15-13-24)48-19-7-18-45/h4-6,8-15,20,30,40,45H,7,16-19,21-22H2,1-3H3,(H,43,47)/t30-,34-/m0/s1. The van der Waals surface area contributed by atoms with E-state index in [4.69, 9.17) is 29.8 Å². The SMILES string of the molecule is CC(C)(C)OC(=O)CC[C@]1(C(=O)NNCc2cccc(C(F)(F)F)c2)N=C(c2ccc(OCCCO)cc2)O[C@H]1c1ccccc1CN=[N+]=[N-]. The van der Waals surface area contributed by atoms with Crippen LogP contribution in [0.25, 0.3) is 10.4 Å². The molecule has 15 heteroatoms. The summed E-state index contributed by atoms with van der Waals surface area (Å²) in [5.41, 5.74) is 12.6. The Morgan fingerprint density at radius 3 is 2.50 bits per heavy atom. The van der Waals surface area contributed by atoms with Crippen molar-refractivity contribution in [2.75, 3.05) is 13.2 Å². The summed E-state index contributed by atoms with van der Waals surface area (Å²) in [6.45, 7) is 5.20. The lowest BCUT2D eigenvalue weighted by Gasteiger charge is -2.32. The van der Waals surface area contributed by atoms with E-state index in [-0.39, 0.29) is 44.0 Å². The van der Waals surface area contributed by atoms with Crippen molar-refractivity contribution in [1.82, 2.24) is 10.9 Å². The number of carbonyl (C=O) groups is 2. The first-order valence-electron chi connectivity index (χ1n) is 15.9. The predicted octanol–water partition coefficient (Wildman–Crippen LogP) is 6.48. The molecule has 4 rings (SSSR count). The number of azide groups is 1. The summed E-state index contributed by atoms with van der Waals surface area (Å²) in [4.78, 5) is 35.0. The molecule has 0 aliphatic carbocycles. The van der Waals surface area contributed by atoms with Crippen molar-refractivity contribution in [3.63, 3.8) is 0 Å². The van der Waals surface area contributed by atoms with Crippen LogP contribution in [0.2, 0.25) is 0 Å². The number of aliphatic hydroxyl groups excluding tert-OH is 1. The summed E-state index contributed by atoms with van der Waals surface area (Å²) < 4.78 is 57.5. The van der Waals surface area contributed by atoms with E-state index in [0.717, 1.165) is 12.1 Å². The quantitative estimate of drug-likeness (QED) is 0.0408. The monoisotopic (exact) mass is 696 g/mol. The Balaban J connectivity index is 1.74. The number of esters is 1. The molecule has 0 aromatic heterocycles. The molecule has 0 bridgehead atoms. The molecule has 12 nitrogen and oxygen atoms in total. The molecule has 0 saturated carbocycles. The predicted molar refractivity (Wildman–Crippen MR) is 178 cm³/mol. The maximum atomic E-state index is 14.4. The summed E-state index contributed by atoms with van der Waals surface area (Å²) in [6, 6.07) is 18.3. The second kappa shape index (κ2) is 16.5. The van der Waals surface area contributed by atoms with Gasteiger partial charge in [-0.1, -0.05) is 47.6 Å². The zero-order chi connectivity index (χ0) is 36.4. The maximum absolute atomic E-state index is 14.4. The summed E-state index contributed by atoms with van der Waals surface area (Å²) in [6.07, 6.45) is -5.67. The highest BCUT2D eigenvalue weighted by Crippen LogP contribution is 2.44. The summed E-state index contributed by atoms with van der Waals surface area (Å²) >= 11 is 0. The van der Waals surface area contributed by atoms with Crippen molar-refractivity contribution in [3.8, 4) is 5.75 Å². The molecule has 0 radical (unpaired) electrons. The number of hydrogen-bond donors (Lipinski definition) is 3. The second-order valence-electron chi connectivity index (χ2n) is 12.5. The minimum absolute atomic E-state index is 0.0203. The third kappa shape index (κ3) is 9.97. The van der Waals surface area contributed by atoms with E-state index in [1.165, 1.54) is 12.1 Å². The molecule has 3 N–H and O–H groups in total. The van der Waals surface area contributed by atoms with Crippen LogP contribution >= 0.6 is 0 Å². The first kappa shape index (κ1) is 37.7. The van der Waals surface area contributed by atoms with Gasteiger partial charge in [0.2, 0.25) is 5.90 Å². The summed E-state index contributed by atoms with van der Waals surface area (Å²) in [5, 5.41) is 12.8. The third-order valence-corrected chi connectivity index (χ3v) is 7.55. The molecule has 266 valence electrons. The number of halogens is 3. The van der Waals surface area contributed by atoms with E-state index >= 15 is 0 Å². The van der Waals surface area contributed by atoms with Gasteiger partial charge in [-0.05, 0) is 79.7 Å². The number of amides is 1. The molecule has 0 unspecified atom stereocenters. The van der Waals surface area contributed by atoms with E-state index in [1.807, 2.05) is 0 Å². The molecule has 3 aromatic carbocycles. The van der Waals surface area contributed by atoms with Crippen molar-refractivity contribution in [1.29, 1.82) is 0 Å². The lowest BCUT2D eigenvalue weighted by atomic mass is 9.82. The number of benzene rings is 3. The molecule has 0 spiro atoms. The van der Waals surface area contributed by atoms with E-state index in [1.54, 1.807) is 69.3 Å². The van der Waals surface area contributed by atoms with Crippen molar-refractivity contribution in [2.24, 2.45) is 10.1 Å². The summed E-state index contributed by atoms with van der Waals surface area (Å²) in [5.74, 6) is -0.705. The molecule has 3 aromatic rings. The molecule has 50 heavy (non-hydrogen) atoms. The Kier molecular flexibility index (Phi) is 12.5. The van der Waals surface area contributed by atoms with Crippen LogP contribution < -0.4 is 15.6 Å². The van der Waals surface area contributed by atoms with Crippen LogP contribution in [-0.2, 0) is 38.3 Å². The zero-order valence-electron chi connectivity index (χ0n) is 27.9. The Labute approximate surface area is 287 Å². The van der Waals surface area contributed by atoms with Gasteiger partial charge < -0.3 is 19.3 Å². The van der Waals surface area contributed by atoms with Crippen molar-refractivity contribution in [2.45, 2.75) is 76.5 Å². The Bertz CT molecular complexity index is 1720. The topological polar surface area (TPSA) is 167 Å². The Morgan fingerprint density at radius 2 is 1.82 bits per heavy atom. The first-order valence-corrected chi connectivity index (χ1v) is 15.9. The van der Waals surface area contributed by atoms with Gasteiger partial charge in [-0.2, -0.15) is 13.2 Å². The van der Waals surface area contributed by atoms with E-state index in [2.05, 4.69) is 20.9 Å². The molecule has 1 heterocycles. The van der Waals surface area contributed by atoms with Gasteiger partial charge in [-0.25, -0.2) is 10.4 Å². The van der Waals surface area contributed by atoms with Crippen LogP contribution in [0.1, 0.15) is 74.0 Å². The first-order chi connectivity index (χ1) is 23.8. The fourth-order valence-corrected chi connectivity index (χ4v) is 5.27. The minimum Gasteiger partial charge on any atom is -0.494 e. The van der Waals surface area contributed by atoms with Gasteiger partial charge >= 0.3 is 12.1 Å². The van der Waals surface area contributed by atoms with Crippen LogP contribution in [0.15, 0.2) is 82.9 Å². The number of hydrazine groups is 1. The molecule has 0 saturated heterocycles. The third-order valence-electron chi connectivity index (χ3n) is 7.55. The maximum Gasteiger partial charge on any atom is 0.416 e. The zero-order valence-corrected chi connectivity index (χ0v) is 27.9. The molecule has 1 amide bonds. The number of aliphatic hydroxyl groups is 1. The molecular formula is C35H39F3N6O6. The van der Waals surface area contributed by atoms with Gasteiger partial charge in [0, 0.05) is 36.5 Å². The highest BCUT2D eigenvalue weighted by atomic mass is 19.4. The number of rotatable bonds is 15. The van der Waals surface area contributed by atoms with Gasteiger partial charge in [0.1, 0.15) is 11.4 Å². The van der Waals surface area contributed by atoms with Gasteiger partial charge in [0.05, 0.1) is 18.7 Å². The number of hydrogen-bond acceptors (Lipinski definition) is 9. The highest BCUT2D eigenvalue weighted by molar-refractivity contribution is 6.01.